The minimum absolute atomic E-state index is 0.0343. The lowest BCUT2D eigenvalue weighted by Gasteiger charge is -2.44. The highest BCUT2D eigenvalue weighted by Crippen LogP contribution is 2.34. The fourth-order valence-electron chi connectivity index (χ4n) is 5.40. The van der Waals surface area contributed by atoms with E-state index in [1.165, 1.54) is 41.2 Å². The van der Waals surface area contributed by atoms with Gasteiger partial charge in [0.25, 0.3) is 0 Å². The summed E-state index contributed by atoms with van der Waals surface area (Å²) in [4.78, 5) is 47.7. The molecule has 1 fully saturated rings. The van der Waals surface area contributed by atoms with Gasteiger partial charge in [0.15, 0.2) is 5.65 Å². The highest BCUT2D eigenvalue weighted by Gasteiger charge is 2.34. The van der Waals surface area contributed by atoms with Crippen LogP contribution >= 0.6 is 0 Å². The number of carbonyl (C=O) groups excluding carboxylic acids is 1. The third-order valence-electron chi connectivity index (χ3n) is 7.45. The molecule has 41 heavy (non-hydrogen) atoms. The number of hydrogen-bond donors (Lipinski definition) is 0. The van der Waals surface area contributed by atoms with E-state index in [1.807, 2.05) is 32.6 Å². The number of amides is 1. The summed E-state index contributed by atoms with van der Waals surface area (Å²) in [7, 11) is 0. The third kappa shape index (κ3) is 4.85. The minimum Gasteiger partial charge on any atom is -0.349 e. The van der Waals surface area contributed by atoms with Crippen LogP contribution in [0.3, 0.4) is 0 Å². The van der Waals surface area contributed by atoms with Crippen LogP contribution < -0.4 is 10.6 Å². The molecule has 212 valence electrons. The first-order valence-corrected chi connectivity index (χ1v) is 13.4. The molecule has 0 N–H and O–H groups in total. The van der Waals surface area contributed by atoms with Crippen molar-refractivity contribution in [2.45, 2.75) is 52.6 Å². The average molecular weight is 560 g/mol. The molecule has 1 amide bonds. The van der Waals surface area contributed by atoms with Gasteiger partial charge in [-0.15, -0.1) is 0 Å². The molecule has 9 nitrogen and oxygen atoms in total. The van der Waals surface area contributed by atoms with E-state index in [0.717, 1.165) is 0 Å². The fraction of sp³-hybridized carbons (Fsp3) is 0.333. The summed E-state index contributed by atoms with van der Waals surface area (Å²) in [6.45, 7) is 13.7. The molecule has 0 aliphatic carbocycles. The number of benzene rings is 1. The normalized spacial score (nSPS) is 17.4. The van der Waals surface area contributed by atoms with E-state index in [0.29, 0.717) is 30.2 Å². The molecule has 1 aliphatic rings. The largest absolute Gasteiger partial charge is 0.355 e. The monoisotopic (exact) mass is 559 g/mol. The summed E-state index contributed by atoms with van der Waals surface area (Å²) in [5.41, 5.74) is 0.681. The molecule has 0 radical (unpaired) electrons. The molecule has 0 spiro atoms. The topological polar surface area (TPSA) is 97.1 Å². The van der Waals surface area contributed by atoms with E-state index >= 15 is 4.39 Å². The number of pyridine rings is 1. The number of aryl methyl sites for hydroxylation is 1. The molecule has 1 aliphatic heterocycles. The van der Waals surface area contributed by atoms with Gasteiger partial charge in [-0.05, 0) is 51.0 Å². The number of hydrogen-bond acceptors (Lipinski definition) is 7. The van der Waals surface area contributed by atoms with Gasteiger partial charge in [-0.25, -0.2) is 33.1 Å². The molecule has 11 heteroatoms. The van der Waals surface area contributed by atoms with Crippen LogP contribution in [-0.2, 0) is 4.79 Å². The second-order valence-corrected chi connectivity index (χ2v) is 10.6. The predicted octanol–water partition coefficient (Wildman–Crippen LogP) is 4.56. The first-order valence-electron chi connectivity index (χ1n) is 13.4. The molecule has 5 rings (SSSR count). The van der Waals surface area contributed by atoms with Gasteiger partial charge in [-0.3, -0.25) is 4.79 Å². The van der Waals surface area contributed by atoms with Crippen molar-refractivity contribution in [3.63, 3.8) is 0 Å². The Hall–Kier alpha value is -4.54. The second kappa shape index (κ2) is 10.8. The van der Waals surface area contributed by atoms with Gasteiger partial charge in [-0.1, -0.05) is 32.6 Å². The van der Waals surface area contributed by atoms with Crippen molar-refractivity contribution in [3.05, 3.63) is 82.8 Å². The van der Waals surface area contributed by atoms with E-state index in [4.69, 9.17) is 0 Å². The highest BCUT2D eigenvalue weighted by atomic mass is 19.1. The zero-order chi connectivity index (χ0) is 29.6. The Labute approximate surface area is 236 Å². The number of piperazine rings is 1. The van der Waals surface area contributed by atoms with E-state index in [1.54, 1.807) is 17.9 Å². The lowest BCUT2D eigenvalue weighted by atomic mass is 10.1. The average Bonchev–Trinajstić information content (AvgIpc) is 2.94. The standard InChI is InChI=1S/C30H31F2N7O2/c1-7-24(40)37-13-18(5)38(14-17(37)4)28-21-12-23(32)26(20-10-8-9-11-22(20)31)35-29(21)39(30(41)36-28)27-19(6)33-15-34-25(27)16(2)3/h7-12,15-18H,1,13-14H2,2-6H3/t17-,18+/m1/s1. The lowest BCUT2D eigenvalue weighted by Crippen LogP contribution is -2.58. The molecule has 0 saturated carbocycles. The third-order valence-corrected chi connectivity index (χ3v) is 7.45. The Bertz CT molecular complexity index is 1740. The summed E-state index contributed by atoms with van der Waals surface area (Å²) < 4.78 is 31.9. The molecule has 1 saturated heterocycles. The van der Waals surface area contributed by atoms with Crippen molar-refractivity contribution >= 4 is 22.8 Å². The maximum Gasteiger partial charge on any atom is 0.355 e. The Morgan fingerprint density at radius 2 is 1.80 bits per heavy atom. The van der Waals surface area contributed by atoms with Gasteiger partial charge in [0.2, 0.25) is 5.91 Å². The first-order chi connectivity index (χ1) is 19.5. The quantitative estimate of drug-likeness (QED) is 0.331. The van der Waals surface area contributed by atoms with Crippen molar-refractivity contribution in [1.29, 1.82) is 0 Å². The summed E-state index contributed by atoms with van der Waals surface area (Å²) in [6, 6.07) is 6.52. The predicted molar refractivity (Wildman–Crippen MR) is 153 cm³/mol. The van der Waals surface area contributed by atoms with E-state index in [-0.39, 0.29) is 52.0 Å². The molecule has 4 aromatic rings. The molecule has 0 unspecified atom stereocenters. The van der Waals surface area contributed by atoms with Gasteiger partial charge < -0.3 is 9.80 Å². The Kier molecular flexibility index (Phi) is 7.37. The summed E-state index contributed by atoms with van der Waals surface area (Å²) in [6.07, 6.45) is 2.70. The van der Waals surface area contributed by atoms with Gasteiger partial charge in [0.05, 0.1) is 22.5 Å². The van der Waals surface area contributed by atoms with Crippen molar-refractivity contribution in [1.82, 2.24) is 29.4 Å². The van der Waals surface area contributed by atoms with Gasteiger partial charge in [0, 0.05) is 30.7 Å². The number of anilines is 1. The molecule has 1 aromatic carbocycles. The Balaban J connectivity index is 1.83. The first kappa shape index (κ1) is 28.0. The minimum atomic E-state index is -0.762. The van der Waals surface area contributed by atoms with Crippen molar-refractivity contribution in [3.8, 4) is 16.9 Å². The zero-order valence-electron chi connectivity index (χ0n) is 23.6. The van der Waals surface area contributed by atoms with E-state index < -0.39 is 17.3 Å². The van der Waals surface area contributed by atoms with Crippen LogP contribution in [0.2, 0.25) is 0 Å². The molecule has 3 aromatic heterocycles. The number of halogens is 2. The number of fused-ring (bicyclic) bond motifs is 1. The fourth-order valence-corrected chi connectivity index (χ4v) is 5.40. The molecule has 4 heterocycles. The summed E-state index contributed by atoms with van der Waals surface area (Å²) in [5, 5.41) is 0.266. The van der Waals surface area contributed by atoms with E-state index in [9.17, 15) is 14.0 Å². The second-order valence-electron chi connectivity index (χ2n) is 10.6. The smallest absolute Gasteiger partial charge is 0.349 e. The van der Waals surface area contributed by atoms with Crippen LogP contribution in [0.1, 0.15) is 45.0 Å². The number of aromatic nitrogens is 5. The van der Waals surface area contributed by atoms with Crippen LogP contribution in [0.4, 0.5) is 14.6 Å². The lowest BCUT2D eigenvalue weighted by molar-refractivity contribution is -0.128. The zero-order valence-corrected chi connectivity index (χ0v) is 23.6. The molecular formula is C30H31F2N7O2. The number of carbonyl (C=O) groups is 1. The SMILES string of the molecule is C=CC(=O)N1C[C@H](C)N(c2nc(=O)n(-c3c(C)ncnc3C(C)C)c3nc(-c4ccccc4F)c(F)cc23)C[C@H]1C. The molecule has 2 atom stereocenters. The van der Waals surface area contributed by atoms with Crippen LogP contribution in [0.5, 0.6) is 0 Å². The van der Waals surface area contributed by atoms with Gasteiger partial charge in [0.1, 0.15) is 29.5 Å². The molecule has 0 bridgehead atoms. The van der Waals surface area contributed by atoms with Gasteiger partial charge >= 0.3 is 5.69 Å². The maximum absolute atomic E-state index is 15.8. The van der Waals surface area contributed by atoms with Crippen LogP contribution in [-0.4, -0.2) is 60.5 Å². The van der Waals surface area contributed by atoms with Gasteiger partial charge in [-0.2, -0.15) is 4.98 Å². The van der Waals surface area contributed by atoms with Crippen molar-refractivity contribution in [2.75, 3.05) is 18.0 Å². The summed E-state index contributed by atoms with van der Waals surface area (Å²) >= 11 is 0. The number of rotatable bonds is 5. The van der Waals surface area contributed by atoms with E-state index in [2.05, 4.69) is 26.5 Å². The van der Waals surface area contributed by atoms with Crippen molar-refractivity contribution < 1.29 is 13.6 Å². The van der Waals surface area contributed by atoms with Crippen LogP contribution in [0.15, 0.2) is 54.1 Å². The number of nitrogens with zero attached hydrogens (tertiary/aromatic N) is 7. The van der Waals surface area contributed by atoms with Crippen LogP contribution in [0.25, 0.3) is 28.0 Å². The Morgan fingerprint density at radius 1 is 1.07 bits per heavy atom. The maximum atomic E-state index is 15.8. The van der Waals surface area contributed by atoms with Crippen LogP contribution in [0, 0.1) is 18.6 Å². The van der Waals surface area contributed by atoms with Crippen molar-refractivity contribution in [2.24, 2.45) is 0 Å². The Morgan fingerprint density at radius 3 is 2.49 bits per heavy atom. The highest BCUT2D eigenvalue weighted by molar-refractivity contribution is 5.91. The molecular weight excluding hydrogens is 528 g/mol. The summed E-state index contributed by atoms with van der Waals surface area (Å²) in [5.74, 6) is -1.45.